The smallest absolute Gasteiger partial charge is 0.218 e. The minimum Gasteiger partial charge on any atom is -0.487 e. The average molecular weight is 266 g/mol. The number of benzene rings is 1. The van der Waals surface area contributed by atoms with E-state index in [0.29, 0.717) is 11.4 Å². The van der Waals surface area contributed by atoms with E-state index in [2.05, 4.69) is 0 Å². The monoisotopic (exact) mass is 265 g/mol. The highest BCUT2D eigenvalue weighted by Gasteiger charge is 2.45. The topological polar surface area (TPSA) is 52.3 Å². The highest BCUT2D eigenvalue weighted by atomic mass is 35.5. The molecule has 0 bridgehead atoms. The Labute approximate surface area is 111 Å². The van der Waals surface area contributed by atoms with Gasteiger partial charge in [-0.3, -0.25) is 4.79 Å². The first-order chi connectivity index (χ1) is 8.58. The lowest BCUT2D eigenvalue weighted by molar-refractivity contribution is -0.119. The van der Waals surface area contributed by atoms with E-state index in [0.717, 1.165) is 30.6 Å². The molecule has 3 nitrogen and oxygen atoms in total. The van der Waals surface area contributed by atoms with Crippen molar-refractivity contribution in [2.75, 3.05) is 0 Å². The first kappa shape index (κ1) is 11.8. The third-order valence-corrected chi connectivity index (χ3v) is 4.30. The van der Waals surface area contributed by atoms with Gasteiger partial charge < -0.3 is 10.5 Å². The summed E-state index contributed by atoms with van der Waals surface area (Å²) >= 11 is 6.03. The largest absolute Gasteiger partial charge is 0.487 e. The third kappa shape index (κ3) is 1.97. The van der Waals surface area contributed by atoms with Crippen molar-refractivity contribution in [3.63, 3.8) is 0 Å². The normalized spacial score (nSPS) is 23.9. The van der Waals surface area contributed by atoms with Crippen LogP contribution in [-0.2, 0) is 4.79 Å². The summed E-state index contributed by atoms with van der Waals surface area (Å²) in [6.07, 6.45) is 4.60. The Morgan fingerprint density at radius 3 is 2.89 bits per heavy atom. The van der Waals surface area contributed by atoms with Crippen molar-refractivity contribution in [3.05, 3.63) is 28.8 Å². The minimum atomic E-state index is -0.262. The third-order valence-electron chi connectivity index (χ3n) is 4.07. The molecule has 3 rings (SSSR count). The average Bonchev–Trinajstić information content (AvgIpc) is 2.27. The highest BCUT2D eigenvalue weighted by Crippen LogP contribution is 2.50. The van der Waals surface area contributed by atoms with Gasteiger partial charge in [-0.1, -0.05) is 11.6 Å². The van der Waals surface area contributed by atoms with Crippen molar-refractivity contribution >= 4 is 17.5 Å². The molecular formula is C14H16ClNO2. The molecule has 0 saturated heterocycles. The molecule has 1 fully saturated rings. The van der Waals surface area contributed by atoms with Crippen molar-refractivity contribution < 1.29 is 9.53 Å². The Balaban J connectivity index is 1.97. The van der Waals surface area contributed by atoms with Crippen LogP contribution in [0.3, 0.4) is 0 Å². The number of halogens is 1. The fraction of sp³-hybridized carbons (Fsp3) is 0.500. The van der Waals surface area contributed by atoms with Gasteiger partial charge in [0.25, 0.3) is 0 Å². The van der Waals surface area contributed by atoms with Crippen LogP contribution in [0.4, 0.5) is 0 Å². The van der Waals surface area contributed by atoms with E-state index < -0.39 is 0 Å². The summed E-state index contributed by atoms with van der Waals surface area (Å²) in [5.41, 5.74) is 6.33. The zero-order valence-electron chi connectivity index (χ0n) is 10.1. The Kier molecular flexibility index (Phi) is 2.74. The van der Waals surface area contributed by atoms with Gasteiger partial charge in [0, 0.05) is 17.4 Å². The lowest BCUT2D eigenvalue weighted by Gasteiger charge is -2.48. The predicted molar refractivity (Wildman–Crippen MR) is 69.8 cm³/mol. The van der Waals surface area contributed by atoms with Gasteiger partial charge in [-0.15, -0.1) is 0 Å². The van der Waals surface area contributed by atoms with Gasteiger partial charge in [-0.05, 0) is 49.4 Å². The highest BCUT2D eigenvalue weighted by molar-refractivity contribution is 6.30. The zero-order valence-corrected chi connectivity index (χ0v) is 10.9. The summed E-state index contributed by atoms with van der Waals surface area (Å²) in [5, 5.41) is 0.677. The fourth-order valence-corrected chi connectivity index (χ4v) is 3.25. The van der Waals surface area contributed by atoms with Gasteiger partial charge in [0.15, 0.2) is 0 Å². The summed E-state index contributed by atoms with van der Waals surface area (Å²) in [4.78, 5) is 11.2. The number of hydrogen-bond acceptors (Lipinski definition) is 2. The van der Waals surface area contributed by atoms with Gasteiger partial charge in [0.05, 0.1) is 0 Å². The van der Waals surface area contributed by atoms with E-state index in [1.165, 1.54) is 6.42 Å². The molecule has 4 heteroatoms. The molecule has 1 aromatic carbocycles. The molecule has 1 aliphatic carbocycles. The molecule has 2 aliphatic rings. The van der Waals surface area contributed by atoms with Gasteiger partial charge >= 0.3 is 0 Å². The predicted octanol–water partition coefficient (Wildman–Crippen LogP) is 3.00. The second-order valence-electron chi connectivity index (χ2n) is 5.39. The van der Waals surface area contributed by atoms with Crippen molar-refractivity contribution in [1.29, 1.82) is 0 Å². The summed E-state index contributed by atoms with van der Waals surface area (Å²) < 4.78 is 6.11. The second-order valence-corrected chi connectivity index (χ2v) is 5.83. The number of hydrogen-bond donors (Lipinski definition) is 1. The van der Waals surface area contributed by atoms with E-state index >= 15 is 0 Å². The number of nitrogens with two attached hydrogens (primary N) is 1. The molecule has 1 amide bonds. The van der Waals surface area contributed by atoms with Gasteiger partial charge in [-0.25, -0.2) is 0 Å². The summed E-state index contributed by atoms with van der Waals surface area (Å²) in [6.45, 7) is 0. The molecule has 96 valence electrons. The molecule has 18 heavy (non-hydrogen) atoms. The standard InChI is InChI=1S/C14H16ClNO2/c15-10-2-3-12-11(7-10)9(6-13(16)17)8-14(18-12)4-1-5-14/h2-3,7,9H,1,4-6,8H2,(H2,16,17)/t9-/m0/s1. The molecule has 1 aliphatic heterocycles. The van der Waals surface area contributed by atoms with Crippen LogP contribution in [0.15, 0.2) is 18.2 Å². The molecule has 0 unspecified atom stereocenters. The Morgan fingerprint density at radius 1 is 1.50 bits per heavy atom. The van der Waals surface area contributed by atoms with E-state index in [4.69, 9.17) is 22.1 Å². The van der Waals surface area contributed by atoms with Crippen LogP contribution in [0.25, 0.3) is 0 Å². The van der Waals surface area contributed by atoms with E-state index in [1.54, 1.807) is 0 Å². The second kappa shape index (κ2) is 4.16. The van der Waals surface area contributed by atoms with Crippen LogP contribution in [0.2, 0.25) is 5.02 Å². The van der Waals surface area contributed by atoms with E-state index in [9.17, 15) is 4.79 Å². The molecule has 0 aromatic heterocycles. The molecule has 0 radical (unpaired) electrons. The van der Waals surface area contributed by atoms with Crippen LogP contribution in [0.5, 0.6) is 5.75 Å². The Morgan fingerprint density at radius 2 is 2.28 bits per heavy atom. The van der Waals surface area contributed by atoms with E-state index in [1.807, 2.05) is 18.2 Å². The van der Waals surface area contributed by atoms with Crippen LogP contribution >= 0.6 is 11.6 Å². The summed E-state index contributed by atoms with van der Waals surface area (Å²) in [5.74, 6) is 0.754. The van der Waals surface area contributed by atoms with Gasteiger partial charge in [0.1, 0.15) is 11.4 Å². The van der Waals surface area contributed by atoms with Crippen LogP contribution in [0, 0.1) is 0 Å². The Bertz CT molecular complexity index is 497. The Hall–Kier alpha value is -1.22. The number of fused-ring (bicyclic) bond motifs is 1. The quantitative estimate of drug-likeness (QED) is 0.894. The molecule has 2 N–H and O–H groups in total. The number of primary amides is 1. The minimum absolute atomic E-state index is 0.0546. The number of carbonyl (C=O) groups excluding carboxylic acids is 1. The zero-order chi connectivity index (χ0) is 12.8. The molecule has 1 aromatic rings. The van der Waals surface area contributed by atoms with Crippen molar-refractivity contribution in [3.8, 4) is 5.75 Å². The number of amides is 1. The van der Waals surface area contributed by atoms with Crippen molar-refractivity contribution in [1.82, 2.24) is 0 Å². The molecule has 1 saturated carbocycles. The maximum atomic E-state index is 11.2. The summed E-state index contributed by atoms with van der Waals surface area (Å²) in [6, 6.07) is 5.64. The SMILES string of the molecule is NC(=O)C[C@H]1CC2(CCC2)Oc2ccc(Cl)cc21. The maximum Gasteiger partial charge on any atom is 0.218 e. The van der Waals surface area contributed by atoms with Crippen molar-refractivity contribution in [2.24, 2.45) is 5.73 Å². The summed E-state index contributed by atoms with van der Waals surface area (Å²) in [7, 11) is 0. The molecular weight excluding hydrogens is 250 g/mol. The van der Waals surface area contributed by atoms with Crippen molar-refractivity contribution in [2.45, 2.75) is 43.6 Å². The first-order valence-electron chi connectivity index (χ1n) is 6.35. The first-order valence-corrected chi connectivity index (χ1v) is 6.73. The maximum absolute atomic E-state index is 11.2. The number of carbonyl (C=O) groups is 1. The lowest BCUT2D eigenvalue weighted by Crippen LogP contribution is -2.47. The lowest BCUT2D eigenvalue weighted by atomic mass is 9.70. The van der Waals surface area contributed by atoms with Crippen LogP contribution < -0.4 is 10.5 Å². The van der Waals surface area contributed by atoms with Gasteiger partial charge in [-0.2, -0.15) is 0 Å². The number of ether oxygens (including phenoxy) is 1. The fourth-order valence-electron chi connectivity index (χ4n) is 3.07. The molecule has 1 atom stereocenters. The van der Waals surface area contributed by atoms with Gasteiger partial charge in [0.2, 0.25) is 5.91 Å². The van der Waals surface area contributed by atoms with Crippen LogP contribution in [-0.4, -0.2) is 11.5 Å². The molecule has 1 heterocycles. The van der Waals surface area contributed by atoms with Crippen LogP contribution in [0.1, 0.15) is 43.6 Å². The van der Waals surface area contributed by atoms with E-state index in [-0.39, 0.29) is 17.4 Å². The number of rotatable bonds is 2. The molecule has 1 spiro atoms.